The number of amides is 1. The average molecular weight is 261 g/mol. The van der Waals surface area contributed by atoms with Crippen molar-refractivity contribution in [3.63, 3.8) is 0 Å². The molecule has 0 aromatic heterocycles. The standard InChI is InChI=1S/C11H10F3NO3/c1-6(10(17)18)15-9(16)7-3-2-4-8(5-7)11(12,13)14/h2-6H,1H3,(H,15,16)(H,17,18)/t6-/m1/s1. The number of carboxylic acids is 1. The van der Waals surface area contributed by atoms with E-state index in [2.05, 4.69) is 5.32 Å². The Balaban J connectivity index is 2.91. The molecule has 1 aromatic rings. The fraction of sp³-hybridized carbons (Fsp3) is 0.273. The van der Waals surface area contributed by atoms with Gasteiger partial charge in [-0.25, -0.2) is 0 Å². The van der Waals surface area contributed by atoms with Crippen LogP contribution in [-0.4, -0.2) is 23.0 Å². The molecule has 7 heteroatoms. The van der Waals surface area contributed by atoms with E-state index in [-0.39, 0.29) is 5.56 Å². The van der Waals surface area contributed by atoms with Crippen LogP contribution in [0.5, 0.6) is 0 Å². The topological polar surface area (TPSA) is 66.4 Å². The first kappa shape index (κ1) is 14.0. The van der Waals surface area contributed by atoms with Crippen LogP contribution in [0.15, 0.2) is 24.3 Å². The number of rotatable bonds is 3. The zero-order valence-electron chi connectivity index (χ0n) is 9.28. The largest absolute Gasteiger partial charge is 0.480 e. The summed E-state index contributed by atoms with van der Waals surface area (Å²) in [6.07, 6.45) is -4.55. The van der Waals surface area contributed by atoms with Crippen LogP contribution in [0.25, 0.3) is 0 Å². The molecule has 0 heterocycles. The minimum Gasteiger partial charge on any atom is -0.480 e. The van der Waals surface area contributed by atoms with Gasteiger partial charge in [0, 0.05) is 5.56 Å². The molecule has 1 atom stereocenters. The zero-order valence-corrected chi connectivity index (χ0v) is 9.28. The molecule has 0 radical (unpaired) electrons. The van der Waals surface area contributed by atoms with Crippen molar-refractivity contribution >= 4 is 11.9 Å². The summed E-state index contributed by atoms with van der Waals surface area (Å²) in [7, 11) is 0. The highest BCUT2D eigenvalue weighted by Gasteiger charge is 2.31. The van der Waals surface area contributed by atoms with Gasteiger partial charge < -0.3 is 10.4 Å². The summed E-state index contributed by atoms with van der Waals surface area (Å²) in [5.74, 6) is -2.13. The van der Waals surface area contributed by atoms with Crippen LogP contribution >= 0.6 is 0 Å². The maximum absolute atomic E-state index is 12.4. The van der Waals surface area contributed by atoms with Gasteiger partial charge in [0.15, 0.2) is 0 Å². The van der Waals surface area contributed by atoms with Crippen molar-refractivity contribution in [2.24, 2.45) is 0 Å². The van der Waals surface area contributed by atoms with E-state index in [1.54, 1.807) is 0 Å². The summed E-state index contributed by atoms with van der Waals surface area (Å²) in [6, 6.07) is 2.59. The average Bonchev–Trinajstić information content (AvgIpc) is 2.27. The molecule has 0 aliphatic carbocycles. The lowest BCUT2D eigenvalue weighted by atomic mass is 10.1. The van der Waals surface area contributed by atoms with Crippen LogP contribution in [0, 0.1) is 0 Å². The van der Waals surface area contributed by atoms with Gasteiger partial charge in [0.25, 0.3) is 5.91 Å². The Morgan fingerprint density at radius 3 is 2.44 bits per heavy atom. The second-order valence-corrected chi connectivity index (χ2v) is 3.61. The molecule has 98 valence electrons. The van der Waals surface area contributed by atoms with Crippen LogP contribution in [0.4, 0.5) is 13.2 Å². The summed E-state index contributed by atoms with van der Waals surface area (Å²) < 4.78 is 37.2. The molecule has 0 saturated heterocycles. The fourth-order valence-electron chi connectivity index (χ4n) is 1.18. The first-order chi connectivity index (χ1) is 8.21. The van der Waals surface area contributed by atoms with Gasteiger partial charge in [-0.2, -0.15) is 13.2 Å². The minimum atomic E-state index is -4.55. The summed E-state index contributed by atoms with van der Waals surface area (Å²) in [5, 5.41) is 10.6. The molecular weight excluding hydrogens is 251 g/mol. The minimum absolute atomic E-state index is 0.238. The maximum atomic E-state index is 12.4. The summed E-state index contributed by atoms with van der Waals surface area (Å²) in [5.41, 5.74) is -1.20. The number of nitrogens with one attached hydrogen (secondary N) is 1. The fourth-order valence-corrected chi connectivity index (χ4v) is 1.18. The highest BCUT2D eigenvalue weighted by molar-refractivity contribution is 5.96. The number of halogens is 3. The van der Waals surface area contributed by atoms with E-state index in [4.69, 9.17) is 5.11 Å². The third-order valence-electron chi connectivity index (χ3n) is 2.17. The van der Waals surface area contributed by atoms with Crippen molar-refractivity contribution in [2.75, 3.05) is 0 Å². The lowest BCUT2D eigenvalue weighted by Crippen LogP contribution is -2.38. The molecule has 1 rings (SSSR count). The van der Waals surface area contributed by atoms with Crippen LogP contribution in [0.3, 0.4) is 0 Å². The molecule has 0 aliphatic heterocycles. The van der Waals surface area contributed by atoms with Crippen molar-refractivity contribution in [1.29, 1.82) is 0 Å². The second kappa shape index (κ2) is 5.07. The SMILES string of the molecule is C[C@@H](NC(=O)c1cccc(C(F)(F)F)c1)C(=O)O. The highest BCUT2D eigenvalue weighted by Crippen LogP contribution is 2.29. The van der Waals surface area contributed by atoms with E-state index in [9.17, 15) is 22.8 Å². The Morgan fingerprint density at radius 2 is 1.94 bits per heavy atom. The second-order valence-electron chi connectivity index (χ2n) is 3.61. The molecule has 1 amide bonds. The van der Waals surface area contributed by atoms with Gasteiger partial charge in [-0.05, 0) is 25.1 Å². The highest BCUT2D eigenvalue weighted by atomic mass is 19.4. The van der Waals surface area contributed by atoms with Crippen LogP contribution in [-0.2, 0) is 11.0 Å². The van der Waals surface area contributed by atoms with E-state index in [0.717, 1.165) is 12.1 Å². The number of hydrogen-bond donors (Lipinski definition) is 2. The first-order valence-electron chi connectivity index (χ1n) is 4.92. The van der Waals surface area contributed by atoms with Gasteiger partial charge in [0.2, 0.25) is 0 Å². The van der Waals surface area contributed by atoms with Gasteiger partial charge >= 0.3 is 12.1 Å². The smallest absolute Gasteiger partial charge is 0.416 e. The molecule has 0 bridgehead atoms. The molecular formula is C11H10F3NO3. The Morgan fingerprint density at radius 1 is 1.33 bits per heavy atom. The third kappa shape index (κ3) is 3.47. The zero-order chi connectivity index (χ0) is 13.9. The van der Waals surface area contributed by atoms with E-state index in [1.807, 2.05) is 0 Å². The molecule has 0 aliphatic rings. The van der Waals surface area contributed by atoms with Crippen molar-refractivity contribution in [3.8, 4) is 0 Å². The van der Waals surface area contributed by atoms with Gasteiger partial charge in [-0.1, -0.05) is 6.07 Å². The summed E-state index contributed by atoms with van der Waals surface area (Å²) in [6.45, 7) is 1.22. The van der Waals surface area contributed by atoms with Crippen LogP contribution < -0.4 is 5.32 Å². The lowest BCUT2D eigenvalue weighted by molar-refractivity contribution is -0.139. The number of benzene rings is 1. The Kier molecular flexibility index (Phi) is 3.95. The molecule has 18 heavy (non-hydrogen) atoms. The van der Waals surface area contributed by atoms with Crippen LogP contribution in [0.2, 0.25) is 0 Å². The predicted molar refractivity (Wildman–Crippen MR) is 56.0 cm³/mol. The molecule has 0 fully saturated rings. The van der Waals surface area contributed by atoms with E-state index >= 15 is 0 Å². The number of carbonyl (C=O) groups is 2. The van der Waals surface area contributed by atoms with Gasteiger partial charge in [-0.15, -0.1) is 0 Å². The van der Waals surface area contributed by atoms with E-state index < -0.39 is 29.7 Å². The normalized spacial score (nSPS) is 12.9. The van der Waals surface area contributed by atoms with Gasteiger partial charge in [0.05, 0.1) is 5.56 Å². The lowest BCUT2D eigenvalue weighted by Gasteiger charge is -2.11. The Bertz CT molecular complexity index is 471. The van der Waals surface area contributed by atoms with Crippen LogP contribution in [0.1, 0.15) is 22.8 Å². The number of hydrogen-bond acceptors (Lipinski definition) is 2. The van der Waals surface area contributed by atoms with Gasteiger partial charge in [-0.3, -0.25) is 9.59 Å². The monoisotopic (exact) mass is 261 g/mol. The third-order valence-corrected chi connectivity index (χ3v) is 2.17. The summed E-state index contributed by atoms with van der Waals surface area (Å²) in [4.78, 5) is 22.0. The number of carbonyl (C=O) groups excluding carboxylic acids is 1. The summed E-state index contributed by atoms with van der Waals surface area (Å²) >= 11 is 0. The maximum Gasteiger partial charge on any atom is 0.416 e. The van der Waals surface area contributed by atoms with Crippen molar-refractivity contribution < 1.29 is 27.9 Å². The first-order valence-corrected chi connectivity index (χ1v) is 4.92. The van der Waals surface area contributed by atoms with Crippen molar-refractivity contribution in [3.05, 3.63) is 35.4 Å². The molecule has 0 saturated carbocycles. The molecule has 2 N–H and O–H groups in total. The molecule has 1 aromatic carbocycles. The Labute approximate surface area is 100 Å². The molecule has 4 nitrogen and oxygen atoms in total. The van der Waals surface area contributed by atoms with Gasteiger partial charge in [0.1, 0.15) is 6.04 Å². The number of carboxylic acid groups (broad SMARTS) is 1. The molecule has 0 spiro atoms. The quantitative estimate of drug-likeness (QED) is 0.873. The van der Waals surface area contributed by atoms with E-state index in [0.29, 0.717) is 6.07 Å². The molecule has 0 unspecified atom stereocenters. The van der Waals surface area contributed by atoms with Crippen molar-refractivity contribution in [1.82, 2.24) is 5.32 Å². The Hall–Kier alpha value is -2.05. The number of alkyl halides is 3. The predicted octanol–water partition coefficient (Wildman–Crippen LogP) is 1.91. The van der Waals surface area contributed by atoms with E-state index in [1.165, 1.54) is 13.0 Å². The van der Waals surface area contributed by atoms with Crippen molar-refractivity contribution in [2.45, 2.75) is 19.1 Å². The number of aliphatic carboxylic acids is 1.